The zero-order chi connectivity index (χ0) is 38.1. The Bertz CT molecular complexity index is 2230. The van der Waals surface area contributed by atoms with Crippen molar-refractivity contribution < 1.29 is 68.5 Å². The lowest BCUT2D eigenvalue weighted by Crippen LogP contribution is -2.65. The maximum absolute atomic E-state index is 14.3. The Morgan fingerprint density at radius 1 is 0.827 bits per heavy atom. The van der Waals surface area contributed by atoms with Crippen molar-refractivity contribution >= 4 is 35.1 Å². The van der Waals surface area contributed by atoms with Gasteiger partial charge in [0.25, 0.3) is 0 Å². The smallest absolute Gasteiger partial charge is 0.303 e. The summed E-state index contributed by atoms with van der Waals surface area (Å²) in [4.78, 5) is 79.5. The van der Waals surface area contributed by atoms with Gasteiger partial charge < -0.3 is 39.7 Å². The second-order valence-electron chi connectivity index (χ2n) is 14.1. The van der Waals surface area contributed by atoms with Gasteiger partial charge in [-0.2, -0.15) is 0 Å². The molecule has 4 aliphatic rings. The van der Waals surface area contributed by atoms with Crippen LogP contribution in [0.25, 0.3) is 11.1 Å². The highest BCUT2D eigenvalue weighted by molar-refractivity contribution is 6.31. The number of phenolic OH excluding ortho intramolecular Hbond substituents is 3. The summed E-state index contributed by atoms with van der Waals surface area (Å²) < 4.78 is 16.5. The summed E-state index contributed by atoms with van der Waals surface area (Å²) in [6.45, 7) is 8.13. The van der Waals surface area contributed by atoms with Crippen molar-refractivity contribution in [2.45, 2.75) is 83.1 Å². The van der Waals surface area contributed by atoms with E-state index in [-0.39, 0.29) is 33.4 Å². The number of aryl methyl sites for hydroxylation is 1. The quantitative estimate of drug-likeness (QED) is 0.148. The van der Waals surface area contributed by atoms with Crippen molar-refractivity contribution in [2.24, 2.45) is 5.92 Å². The third-order valence-electron chi connectivity index (χ3n) is 10.8. The molecule has 5 N–H and O–H groups in total. The first kappa shape index (κ1) is 35.0. The van der Waals surface area contributed by atoms with Crippen LogP contribution in [0.1, 0.15) is 112 Å². The monoisotopic (exact) mass is 714 g/mol. The van der Waals surface area contributed by atoms with Crippen LogP contribution < -0.4 is 0 Å². The molecule has 1 saturated carbocycles. The molecular weight excluding hydrogens is 680 g/mol. The highest BCUT2D eigenvalue weighted by Crippen LogP contribution is 2.71. The molecule has 7 rings (SSSR count). The van der Waals surface area contributed by atoms with E-state index >= 15 is 0 Å². The van der Waals surface area contributed by atoms with Gasteiger partial charge in [-0.25, -0.2) is 0 Å². The fraction of sp³-hybridized carbons (Fsp3) is 0.368. The molecule has 1 aliphatic heterocycles. The Kier molecular flexibility index (Phi) is 7.42. The van der Waals surface area contributed by atoms with Crippen molar-refractivity contribution in [1.82, 2.24) is 0 Å². The number of aliphatic hydroxyl groups is 2. The normalized spacial score (nSPS) is 28.1. The van der Waals surface area contributed by atoms with E-state index in [1.807, 2.05) is 0 Å². The standard InChI is InChI=1S/C38H34O14/c1-13-11-22(41)27-28(24(13)14(2)50-16(4)39)31(45)20-9-7-18(29(43)25(20)32(27)46)19-8-10-21-26(30(19)44)35(48)37-23(42)12-36(6,49)33(15(3)51-17(5)40)38(37,52-37)34(21)47/h7-11,14-15,33,35,41,43-44,48-49H,12H2,1-6H3/t14-,15+,33-,35+,36-,37+,38?/m0/s1. The Balaban J connectivity index is 1.36. The summed E-state index contributed by atoms with van der Waals surface area (Å²) in [6.07, 6.45) is -4.67. The Morgan fingerprint density at radius 3 is 2.02 bits per heavy atom. The number of aromatic hydroxyl groups is 3. The van der Waals surface area contributed by atoms with E-state index in [4.69, 9.17) is 14.2 Å². The van der Waals surface area contributed by atoms with Crippen LogP contribution in [0.3, 0.4) is 0 Å². The molecule has 0 bridgehead atoms. The van der Waals surface area contributed by atoms with Gasteiger partial charge in [0.15, 0.2) is 28.6 Å². The largest absolute Gasteiger partial charge is 0.507 e. The van der Waals surface area contributed by atoms with Gasteiger partial charge in [0.05, 0.1) is 22.6 Å². The number of ketones is 4. The van der Waals surface area contributed by atoms with Gasteiger partial charge in [-0.3, -0.25) is 28.8 Å². The van der Waals surface area contributed by atoms with Crippen LogP contribution in [-0.4, -0.2) is 83.5 Å². The number of fused-ring (bicyclic) bond motifs is 3. The summed E-state index contributed by atoms with van der Waals surface area (Å²) in [5, 5.41) is 57.3. The van der Waals surface area contributed by atoms with Gasteiger partial charge in [-0.05, 0) is 57.5 Å². The van der Waals surface area contributed by atoms with E-state index in [9.17, 15) is 54.3 Å². The number of hydrogen-bond acceptors (Lipinski definition) is 14. The number of carbonyl (C=O) groups excluding carboxylic acids is 6. The fourth-order valence-electron chi connectivity index (χ4n) is 9.03. The fourth-order valence-corrected chi connectivity index (χ4v) is 9.03. The molecule has 7 atom stereocenters. The van der Waals surface area contributed by atoms with Gasteiger partial charge >= 0.3 is 11.9 Å². The molecule has 1 saturated heterocycles. The van der Waals surface area contributed by atoms with Crippen LogP contribution in [0.4, 0.5) is 0 Å². The molecule has 52 heavy (non-hydrogen) atoms. The van der Waals surface area contributed by atoms with Crippen LogP contribution in [0, 0.1) is 12.8 Å². The van der Waals surface area contributed by atoms with Gasteiger partial charge in [0.2, 0.25) is 5.78 Å². The molecule has 0 radical (unpaired) electrons. The highest BCUT2D eigenvalue weighted by Gasteiger charge is 2.90. The molecule has 1 unspecified atom stereocenters. The highest BCUT2D eigenvalue weighted by atomic mass is 16.7. The Morgan fingerprint density at radius 2 is 1.40 bits per heavy atom. The first-order valence-electron chi connectivity index (χ1n) is 16.5. The number of carbonyl (C=O) groups is 6. The number of benzene rings is 3. The lowest BCUT2D eigenvalue weighted by molar-refractivity contribution is -0.162. The minimum atomic E-state index is -2.24. The van der Waals surface area contributed by atoms with Crippen LogP contribution in [0.5, 0.6) is 17.2 Å². The van der Waals surface area contributed by atoms with Crippen molar-refractivity contribution in [2.75, 3.05) is 0 Å². The number of phenols is 3. The Hall–Kier alpha value is -5.44. The third-order valence-corrected chi connectivity index (χ3v) is 10.8. The average molecular weight is 715 g/mol. The topological polar surface area (TPSA) is 235 Å². The number of ether oxygens (including phenoxy) is 3. The molecule has 0 spiro atoms. The van der Waals surface area contributed by atoms with E-state index in [2.05, 4.69) is 0 Å². The zero-order valence-corrected chi connectivity index (χ0v) is 28.8. The molecule has 270 valence electrons. The summed E-state index contributed by atoms with van der Waals surface area (Å²) >= 11 is 0. The molecule has 2 fully saturated rings. The number of rotatable bonds is 5. The van der Waals surface area contributed by atoms with Crippen LogP contribution >= 0.6 is 0 Å². The molecule has 1 heterocycles. The SMILES string of the molecule is CC(=O)O[C@@H](C)c1c(C)cc(O)c2c1C(=O)c1ccc(-c3ccc4c(c3O)[C@@H](O)[C@@]35OC3(C4=O)[C@@H]([C@@H](C)OC(C)=O)[C@@](C)(O)CC5=O)c(O)c1C2=O. The molecular formula is C38H34O14. The summed E-state index contributed by atoms with van der Waals surface area (Å²) in [5.74, 6) is -8.08. The van der Waals surface area contributed by atoms with Crippen molar-refractivity contribution in [1.29, 1.82) is 0 Å². The minimum absolute atomic E-state index is 0.195. The molecule has 0 amide bonds. The second kappa shape index (κ2) is 11.0. The Labute approximate surface area is 295 Å². The van der Waals surface area contributed by atoms with Gasteiger partial charge in [0.1, 0.15) is 35.6 Å². The van der Waals surface area contributed by atoms with E-state index in [0.717, 1.165) is 6.92 Å². The summed E-state index contributed by atoms with van der Waals surface area (Å²) in [6, 6.07) is 6.15. The third kappa shape index (κ3) is 4.28. The predicted octanol–water partition coefficient (Wildman–Crippen LogP) is 3.21. The molecule has 14 heteroatoms. The van der Waals surface area contributed by atoms with Gasteiger partial charge in [0, 0.05) is 59.2 Å². The maximum atomic E-state index is 14.3. The zero-order valence-electron chi connectivity index (χ0n) is 28.8. The number of hydrogen-bond donors (Lipinski definition) is 5. The molecule has 3 aliphatic carbocycles. The second-order valence-corrected chi connectivity index (χ2v) is 14.1. The van der Waals surface area contributed by atoms with Crippen molar-refractivity contribution in [3.63, 3.8) is 0 Å². The lowest BCUT2D eigenvalue weighted by atomic mass is 9.56. The molecule has 3 aromatic carbocycles. The van der Waals surface area contributed by atoms with E-state index in [1.165, 1.54) is 58.0 Å². The number of epoxide rings is 1. The number of aliphatic hydroxyl groups excluding tert-OH is 1. The first-order valence-corrected chi connectivity index (χ1v) is 16.5. The van der Waals surface area contributed by atoms with Crippen molar-refractivity contribution in [3.05, 3.63) is 74.8 Å². The molecule has 14 nitrogen and oxygen atoms in total. The van der Waals surface area contributed by atoms with E-state index in [0.29, 0.717) is 5.56 Å². The van der Waals surface area contributed by atoms with Crippen LogP contribution in [0.2, 0.25) is 0 Å². The number of Topliss-reactive ketones (excluding diaryl/α,β-unsaturated/α-hetero) is 2. The van der Waals surface area contributed by atoms with Crippen LogP contribution in [0.15, 0.2) is 30.3 Å². The van der Waals surface area contributed by atoms with E-state index < -0.39 is 116 Å². The molecule has 0 aromatic heterocycles. The summed E-state index contributed by atoms with van der Waals surface area (Å²) in [7, 11) is 0. The molecule has 3 aromatic rings. The average Bonchev–Trinajstić information content (AvgIpc) is 3.74. The van der Waals surface area contributed by atoms with Gasteiger partial charge in [-0.1, -0.05) is 6.07 Å². The maximum Gasteiger partial charge on any atom is 0.303 e. The van der Waals surface area contributed by atoms with Crippen LogP contribution in [-0.2, 0) is 28.6 Å². The van der Waals surface area contributed by atoms with Crippen molar-refractivity contribution in [3.8, 4) is 28.4 Å². The predicted molar refractivity (Wildman–Crippen MR) is 176 cm³/mol. The lowest BCUT2D eigenvalue weighted by Gasteiger charge is -2.46. The minimum Gasteiger partial charge on any atom is -0.507 e. The van der Waals surface area contributed by atoms with E-state index in [1.54, 1.807) is 6.92 Å². The van der Waals surface area contributed by atoms with Gasteiger partial charge in [-0.15, -0.1) is 0 Å². The summed E-state index contributed by atoms with van der Waals surface area (Å²) in [5.41, 5.74) is -8.13. The number of esters is 2. The first-order chi connectivity index (χ1) is 24.2.